The molecule has 0 spiro atoms. The molecule has 0 amide bonds. The summed E-state index contributed by atoms with van der Waals surface area (Å²) in [6, 6.07) is 0.694. The number of hydrogen-bond donors (Lipinski definition) is 1. The van der Waals surface area contributed by atoms with Gasteiger partial charge >= 0.3 is 0 Å². The fourth-order valence-electron chi connectivity index (χ4n) is 2.79. The van der Waals surface area contributed by atoms with Gasteiger partial charge in [-0.3, -0.25) is 4.90 Å². The van der Waals surface area contributed by atoms with E-state index in [1.54, 1.807) is 0 Å². The van der Waals surface area contributed by atoms with E-state index in [0.717, 1.165) is 45.8 Å². The summed E-state index contributed by atoms with van der Waals surface area (Å²) in [6.45, 7) is 8.30. The van der Waals surface area contributed by atoms with E-state index in [1.807, 2.05) is 0 Å². The van der Waals surface area contributed by atoms with Crippen molar-refractivity contribution < 1.29 is 4.74 Å². The van der Waals surface area contributed by atoms with Crippen molar-refractivity contribution in [1.29, 1.82) is 0 Å². The SMILES string of the molecule is CCC1CN(CC2(N)CCOC2)CCN1C. The highest BCUT2D eigenvalue weighted by Crippen LogP contribution is 2.19. The van der Waals surface area contributed by atoms with Crippen LogP contribution in [0.2, 0.25) is 0 Å². The molecule has 94 valence electrons. The average molecular weight is 227 g/mol. The minimum atomic E-state index is -0.0891. The molecule has 2 fully saturated rings. The molecule has 0 aromatic carbocycles. The Morgan fingerprint density at radius 2 is 2.25 bits per heavy atom. The van der Waals surface area contributed by atoms with Crippen LogP contribution in [0.25, 0.3) is 0 Å². The Labute approximate surface area is 98.7 Å². The van der Waals surface area contributed by atoms with Gasteiger partial charge in [0.2, 0.25) is 0 Å². The molecule has 0 radical (unpaired) electrons. The Morgan fingerprint density at radius 3 is 2.88 bits per heavy atom. The van der Waals surface area contributed by atoms with Gasteiger partial charge in [0.05, 0.1) is 12.1 Å². The number of piperazine rings is 1. The lowest BCUT2D eigenvalue weighted by Crippen LogP contribution is -2.58. The zero-order valence-corrected chi connectivity index (χ0v) is 10.6. The van der Waals surface area contributed by atoms with Crippen molar-refractivity contribution in [2.45, 2.75) is 31.3 Å². The first-order chi connectivity index (χ1) is 7.63. The second-order valence-corrected chi connectivity index (χ2v) is 5.44. The quantitative estimate of drug-likeness (QED) is 0.744. The molecular formula is C12H25N3O. The molecule has 4 heteroatoms. The maximum atomic E-state index is 6.33. The van der Waals surface area contributed by atoms with E-state index in [4.69, 9.17) is 10.5 Å². The summed E-state index contributed by atoms with van der Waals surface area (Å²) >= 11 is 0. The number of nitrogens with zero attached hydrogens (tertiary/aromatic N) is 2. The van der Waals surface area contributed by atoms with Crippen molar-refractivity contribution in [3.8, 4) is 0 Å². The number of nitrogens with two attached hydrogens (primary N) is 1. The molecule has 2 N–H and O–H groups in total. The van der Waals surface area contributed by atoms with Gasteiger partial charge in [-0.15, -0.1) is 0 Å². The van der Waals surface area contributed by atoms with Crippen LogP contribution < -0.4 is 5.73 Å². The van der Waals surface area contributed by atoms with E-state index in [0.29, 0.717) is 6.04 Å². The number of rotatable bonds is 3. The van der Waals surface area contributed by atoms with Gasteiger partial charge in [-0.2, -0.15) is 0 Å². The molecule has 2 rings (SSSR count). The molecule has 2 saturated heterocycles. The summed E-state index contributed by atoms with van der Waals surface area (Å²) in [5.41, 5.74) is 6.24. The smallest absolute Gasteiger partial charge is 0.0659 e. The summed E-state index contributed by atoms with van der Waals surface area (Å²) in [6.07, 6.45) is 2.23. The molecule has 2 atom stereocenters. The lowest BCUT2D eigenvalue weighted by molar-refractivity contribution is 0.0717. The van der Waals surface area contributed by atoms with E-state index < -0.39 is 0 Å². The Hall–Kier alpha value is -0.160. The molecule has 0 aromatic heterocycles. The van der Waals surface area contributed by atoms with Gasteiger partial charge in [-0.05, 0) is 19.9 Å². The highest BCUT2D eigenvalue weighted by Gasteiger charge is 2.34. The molecule has 16 heavy (non-hydrogen) atoms. The Kier molecular flexibility index (Phi) is 3.85. The topological polar surface area (TPSA) is 41.7 Å². The average Bonchev–Trinajstić information content (AvgIpc) is 2.68. The maximum Gasteiger partial charge on any atom is 0.0659 e. The minimum Gasteiger partial charge on any atom is -0.379 e. The zero-order chi connectivity index (χ0) is 11.6. The zero-order valence-electron chi connectivity index (χ0n) is 10.6. The largest absolute Gasteiger partial charge is 0.379 e. The predicted octanol–water partition coefficient (Wildman–Crippen LogP) is 0.130. The molecule has 2 aliphatic rings. The second kappa shape index (κ2) is 5.00. The molecule has 4 nitrogen and oxygen atoms in total. The van der Waals surface area contributed by atoms with Crippen molar-refractivity contribution in [3.05, 3.63) is 0 Å². The summed E-state index contributed by atoms with van der Waals surface area (Å²) < 4.78 is 5.41. The fourth-order valence-corrected chi connectivity index (χ4v) is 2.79. The fraction of sp³-hybridized carbons (Fsp3) is 1.00. The van der Waals surface area contributed by atoms with Crippen molar-refractivity contribution in [3.63, 3.8) is 0 Å². The van der Waals surface area contributed by atoms with E-state index in [-0.39, 0.29) is 5.54 Å². The van der Waals surface area contributed by atoms with Gasteiger partial charge in [0.25, 0.3) is 0 Å². The van der Waals surface area contributed by atoms with Crippen molar-refractivity contribution >= 4 is 0 Å². The van der Waals surface area contributed by atoms with Crippen molar-refractivity contribution in [2.75, 3.05) is 46.4 Å². The second-order valence-electron chi connectivity index (χ2n) is 5.44. The van der Waals surface area contributed by atoms with E-state index >= 15 is 0 Å². The van der Waals surface area contributed by atoms with Crippen LogP contribution in [0.1, 0.15) is 19.8 Å². The first-order valence-electron chi connectivity index (χ1n) is 6.42. The van der Waals surface area contributed by atoms with E-state index in [2.05, 4.69) is 23.8 Å². The maximum absolute atomic E-state index is 6.33. The highest BCUT2D eigenvalue weighted by molar-refractivity contribution is 4.93. The van der Waals surface area contributed by atoms with Crippen LogP contribution in [0.15, 0.2) is 0 Å². The van der Waals surface area contributed by atoms with Gasteiger partial charge in [0, 0.05) is 38.8 Å². The standard InChI is InChI=1S/C12H25N3O/c1-3-11-8-15(6-5-14(11)2)9-12(13)4-7-16-10-12/h11H,3-10,13H2,1-2H3. The highest BCUT2D eigenvalue weighted by atomic mass is 16.5. The number of ether oxygens (including phenoxy) is 1. The Balaban J connectivity index is 1.86. The number of likely N-dealkylation sites (N-methyl/N-ethyl adjacent to an activating group) is 1. The van der Waals surface area contributed by atoms with Crippen LogP contribution in [-0.4, -0.2) is 67.8 Å². The summed E-state index contributed by atoms with van der Waals surface area (Å²) in [7, 11) is 2.22. The van der Waals surface area contributed by atoms with Gasteiger partial charge in [-0.25, -0.2) is 0 Å². The summed E-state index contributed by atoms with van der Waals surface area (Å²) in [5.74, 6) is 0. The predicted molar refractivity (Wildman–Crippen MR) is 65.5 cm³/mol. The van der Waals surface area contributed by atoms with Gasteiger partial charge in [0.15, 0.2) is 0 Å². The molecule has 2 heterocycles. The first kappa shape index (κ1) is 12.3. The summed E-state index contributed by atoms with van der Waals surface area (Å²) in [4.78, 5) is 4.98. The third kappa shape index (κ3) is 2.74. The monoisotopic (exact) mass is 227 g/mol. The van der Waals surface area contributed by atoms with Crippen LogP contribution in [-0.2, 0) is 4.74 Å². The van der Waals surface area contributed by atoms with Gasteiger partial charge in [-0.1, -0.05) is 6.92 Å². The van der Waals surface area contributed by atoms with Crippen LogP contribution in [0.3, 0.4) is 0 Å². The van der Waals surface area contributed by atoms with Crippen LogP contribution in [0.4, 0.5) is 0 Å². The van der Waals surface area contributed by atoms with Crippen LogP contribution in [0.5, 0.6) is 0 Å². The third-order valence-electron chi connectivity index (χ3n) is 4.00. The Bertz CT molecular complexity index is 228. The number of hydrogen-bond acceptors (Lipinski definition) is 4. The van der Waals surface area contributed by atoms with Crippen LogP contribution in [0, 0.1) is 0 Å². The molecule has 0 bridgehead atoms. The van der Waals surface area contributed by atoms with Gasteiger partial charge < -0.3 is 15.4 Å². The molecular weight excluding hydrogens is 202 g/mol. The minimum absolute atomic E-state index is 0.0891. The first-order valence-corrected chi connectivity index (χ1v) is 6.42. The normalized spacial score (nSPS) is 38.1. The lowest BCUT2D eigenvalue weighted by Gasteiger charge is -2.41. The van der Waals surface area contributed by atoms with Crippen LogP contribution >= 0.6 is 0 Å². The summed E-state index contributed by atoms with van der Waals surface area (Å²) in [5, 5.41) is 0. The molecule has 0 aliphatic carbocycles. The molecule has 2 aliphatic heterocycles. The van der Waals surface area contributed by atoms with Crippen molar-refractivity contribution in [2.24, 2.45) is 5.73 Å². The van der Waals surface area contributed by atoms with Gasteiger partial charge in [0.1, 0.15) is 0 Å². The molecule has 0 saturated carbocycles. The Morgan fingerprint density at radius 1 is 1.44 bits per heavy atom. The van der Waals surface area contributed by atoms with Crippen molar-refractivity contribution in [1.82, 2.24) is 9.80 Å². The molecule has 0 aromatic rings. The van der Waals surface area contributed by atoms with E-state index in [9.17, 15) is 0 Å². The lowest BCUT2D eigenvalue weighted by atomic mass is 9.98. The van der Waals surface area contributed by atoms with E-state index in [1.165, 1.54) is 6.42 Å². The molecule has 2 unspecified atom stereocenters. The third-order valence-corrected chi connectivity index (χ3v) is 4.00.